The molecular weight excluding hydrogens is 630 g/mol. The van der Waals surface area contributed by atoms with Gasteiger partial charge in [0, 0.05) is 31.2 Å². The Morgan fingerprint density at radius 3 is 2.21 bits per heavy atom. The Labute approximate surface area is 272 Å². The summed E-state index contributed by atoms with van der Waals surface area (Å²) in [6, 6.07) is 10.0. The lowest BCUT2D eigenvalue weighted by Crippen LogP contribution is -2.54. The monoisotopic (exact) mass is 667 g/mol. The molecule has 47 heavy (non-hydrogen) atoms. The number of anilines is 1. The summed E-state index contributed by atoms with van der Waals surface area (Å²) in [7, 11) is -3.72. The maximum Gasteiger partial charge on any atom is 0.407 e. The molecule has 2 N–H and O–H groups in total. The second kappa shape index (κ2) is 12.3. The van der Waals surface area contributed by atoms with E-state index >= 15 is 0 Å². The van der Waals surface area contributed by atoms with Crippen molar-refractivity contribution in [3.63, 3.8) is 0 Å². The van der Waals surface area contributed by atoms with E-state index in [4.69, 9.17) is 9.47 Å². The first kappa shape index (κ1) is 32.4. The second-order valence-corrected chi connectivity index (χ2v) is 15.1. The van der Waals surface area contributed by atoms with E-state index in [0.717, 1.165) is 10.6 Å². The molecule has 3 saturated heterocycles. The van der Waals surface area contributed by atoms with Gasteiger partial charge in [0.1, 0.15) is 23.5 Å². The summed E-state index contributed by atoms with van der Waals surface area (Å²) in [5.41, 5.74) is 0.538. The van der Waals surface area contributed by atoms with Crippen molar-refractivity contribution in [1.29, 1.82) is 0 Å². The van der Waals surface area contributed by atoms with Gasteiger partial charge in [0.25, 0.3) is 11.8 Å². The number of carbonyl (C=O) groups is 5. The van der Waals surface area contributed by atoms with Gasteiger partial charge in [-0.05, 0) is 82.5 Å². The molecule has 0 saturated carbocycles. The highest BCUT2D eigenvalue weighted by Crippen LogP contribution is 2.33. The highest BCUT2D eigenvalue weighted by molar-refractivity contribution is 7.89. The molecule has 5 amide bonds. The summed E-state index contributed by atoms with van der Waals surface area (Å²) in [5.74, 6) is -1.68. The number of fused-ring (bicyclic) bond motifs is 1. The third kappa shape index (κ3) is 6.67. The van der Waals surface area contributed by atoms with Gasteiger partial charge in [-0.25, -0.2) is 13.2 Å². The van der Waals surface area contributed by atoms with Crippen LogP contribution in [-0.2, 0) is 24.3 Å². The summed E-state index contributed by atoms with van der Waals surface area (Å²) < 4.78 is 39.3. The maximum atomic E-state index is 13.3. The Bertz CT molecular complexity index is 1720. The van der Waals surface area contributed by atoms with Crippen LogP contribution in [0.15, 0.2) is 47.4 Å². The van der Waals surface area contributed by atoms with Crippen LogP contribution in [-0.4, -0.2) is 97.3 Å². The van der Waals surface area contributed by atoms with Crippen molar-refractivity contribution in [1.82, 2.24) is 19.8 Å². The van der Waals surface area contributed by atoms with Crippen molar-refractivity contribution in [2.45, 2.75) is 75.1 Å². The van der Waals surface area contributed by atoms with Crippen LogP contribution in [0.5, 0.6) is 5.75 Å². The average molecular weight is 668 g/mol. The Kier molecular flexibility index (Phi) is 8.47. The Balaban J connectivity index is 1.00. The minimum absolute atomic E-state index is 0.0538. The fourth-order valence-electron chi connectivity index (χ4n) is 6.13. The summed E-state index contributed by atoms with van der Waals surface area (Å²) in [4.78, 5) is 65.1. The van der Waals surface area contributed by atoms with Crippen molar-refractivity contribution in [2.75, 3.05) is 31.1 Å². The van der Waals surface area contributed by atoms with E-state index in [9.17, 15) is 32.4 Å². The van der Waals surface area contributed by atoms with Gasteiger partial charge in [0.2, 0.25) is 21.8 Å². The minimum atomic E-state index is -3.72. The average Bonchev–Trinajstić information content (AvgIpc) is 3.23. The maximum absolute atomic E-state index is 13.3. The fourth-order valence-corrected chi connectivity index (χ4v) is 7.60. The van der Waals surface area contributed by atoms with Crippen molar-refractivity contribution >= 4 is 45.4 Å². The third-order valence-corrected chi connectivity index (χ3v) is 10.5. The van der Waals surface area contributed by atoms with E-state index in [-0.39, 0.29) is 54.1 Å². The summed E-state index contributed by atoms with van der Waals surface area (Å²) in [5, 5.41) is 5.00. The van der Waals surface area contributed by atoms with Crippen molar-refractivity contribution in [3.05, 3.63) is 53.6 Å². The molecule has 3 fully saturated rings. The molecule has 4 aliphatic rings. The largest absolute Gasteiger partial charge is 0.487 e. The van der Waals surface area contributed by atoms with E-state index in [1.54, 1.807) is 51.1 Å². The minimum Gasteiger partial charge on any atom is -0.487 e. The van der Waals surface area contributed by atoms with Gasteiger partial charge in [-0.15, -0.1) is 0 Å². The molecule has 14 nitrogen and oxygen atoms in total. The quantitative estimate of drug-likeness (QED) is 0.417. The molecule has 0 spiro atoms. The van der Waals surface area contributed by atoms with Gasteiger partial charge < -0.3 is 19.7 Å². The number of benzene rings is 2. The van der Waals surface area contributed by atoms with Gasteiger partial charge >= 0.3 is 6.09 Å². The molecule has 1 unspecified atom stereocenters. The van der Waals surface area contributed by atoms with E-state index < -0.39 is 51.4 Å². The number of ether oxygens (including phenoxy) is 2. The number of sulfonamides is 1. The zero-order valence-electron chi connectivity index (χ0n) is 26.4. The number of hydrogen-bond acceptors (Lipinski definition) is 10. The van der Waals surface area contributed by atoms with Gasteiger partial charge in [0.15, 0.2) is 0 Å². The van der Waals surface area contributed by atoms with Crippen LogP contribution in [0.3, 0.4) is 0 Å². The molecule has 6 rings (SSSR count). The molecule has 0 bridgehead atoms. The van der Waals surface area contributed by atoms with Gasteiger partial charge in [-0.3, -0.25) is 29.4 Å². The SMILES string of the molecule is CC(C)(C)OC(=O)NC1CCN(S(=O)(=O)c2ccc(OC3CN(c4ccc5c(c4)C(=O)N(C4CCC(=O)NC4=O)C5=O)C3)cc2)CC1. The van der Waals surface area contributed by atoms with Crippen molar-refractivity contribution in [2.24, 2.45) is 0 Å². The van der Waals surface area contributed by atoms with Crippen LogP contribution in [0, 0.1) is 0 Å². The molecule has 0 aliphatic carbocycles. The summed E-state index contributed by atoms with van der Waals surface area (Å²) in [6.45, 7) is 6.91. The van der Waals surface area contributed by atoms with E-state index in [1.165, 1.54) is 16.4 Å². The molecule has 2 aromatic rings. The fraction of sp³-hybridized carbons (Fsp3) is 0.469. The topological polar surface area (TPSA) is 172 Å². The normalized spacial score (nSPS) is 21.3. The highest BCUT2D eigenvalue weighted by Gasteiger charge is 2.45. The highest BCUT2D eigenvalue weighted by atomic mass is 32.2. The van der Waals surface area contributed by atoms with Gasteiger partial charge in [-0.2, -0.15) is 4.31 Å². The third-order valence-electron chi connectivity index (χ3n) is 8.58. The first-order chi connectivity index (χ1) is 22.2. The number of piperidine rings is 2. The molecule has 4 aliphatic heterocycles. The first-order valence-electron chi connectivity index (χ1n) is 15.6. The van der Waals surface area contributed by atoms with Crippen LogP contribution in [0.4, 0.5) is 10.5 Å². The molecule has 0 radical (unpaired) electrons. The van der Waals surface area contributed by atoms with Crippen LogP contribution >= 0.6 is 0 Å². The van der Waals surface area contributed by atoms with Crippen molar-refractivity contribution in [3.8, 4) is 5.75 Å². The molecule has 1 atom stereocenters. The lowest BCUT2D eigenvalue weighted by Gasteiger charge is -2.40. The number of rotatable bonds is 7. The lowest BCUT2D eigenvalue weighted by molar-refractivity contribution is -0.136. The Hall–Kier alpha value is -4.50. The van der Waals surface area contributed by atoms with E-state index in [2.05, 4.69) is 10.6 Å². The van der Waals surface area contributed by atoms with Crippen LogP contribution in [0.2, 0.25) is 0 Å². The molecule has 2 aromatic carbocycles. The predicted molar refractivity (Wildman–Crippen MR) is 167 cm³/mol. The Morgan fingerprint density at radius 1 is 0.915 bits per heavy atom. The predicted octanol–water partition coefficient (Wildman–Crippen LogP) is 2.03. The molecule has 0 aromatic heterocycles. The standard InChI is InChI=1S/C32H37N5O9S/c1-32(2,3)46-31(42)33-19-12-14-36(15-13-19)47(43,44)23-7-5-21(6-8-23)45-22-17-35(18-22)20-4-9-24-25(16-20)30(41)37(29(24)40)26-10-11-27(38)34-28(26)39/h4-9,16,19,22,26H,10-15,17-18H2,1-3H3,(H,33,42)(H,34,38,39). The number of nitrogens with zero attached hydrogens (tertiary/aromatic N) is 3. The molecule has 250 valence electrons. The van der Waals surface area contributed by atoms with Crippen LogP contribution in [0.1, 0.15) is 67.2 Å². The smallest absolute Gasteiger partial charge is 0.407 e. The molecule has 4 heterocycles. The number of nitrogens with one attached hydrogen (secondary N) is 2. The summed E-state index contributed by atoms with van der Waals surface area (Å²) >= 11 is 0. The van der Waals surface area contributed by atoms with E-state index in [0.29, 0.717) is 31.7 Å². The lowest BCUT2D eigenvalue weighted by atomic mass is 10.0. The first-order valence-corrected chi connectivity index (χ1v) is 17.0. The number of carbonyl (C=O) groups excluding carboxylic acids is 5. The number of hydrogen-bond donors (Lipinski definition) is 2. The zero-order chi connectivity index (χ0) is 33.7. The molecular formula is C32H37N5O9S. The number of alkyl carbamates (subject to hydrolysis) is 1. The van der Waals surface area contributed by atoms with Crippen molar-refractivity contribution < 1.29 is 41.9 Å². The van der Waals surface area contributed by atoms with Crippen LogP contribution < -0.4 is 20.3 Å². The van der Waals surface area contributed by atoms with Gasteiger partial charge in [0.05, 0.1) is 29.1 Å². The number of imide groups is 2. The number of amides is 5. The Morgan fingerprint density at radius 2 is 1.57 bits per heavy atom. The summed E-state index contributed by atoms with van der Waals surface area (Å²) in [6.07, 6.45) is 0.406. The van der Waals surface area contributed by atoms with E-state index in [1.807, 2.05) is 4.90 Å². The second-order valence-electron chi connectivity index (χ2n) is 13.1. The van der Waals surface area contributed by atoms with Crippen LogP contribution in [0.25, 0.3) is 0 Å². The molecule has 15 heteroatoms. The zero-order valence-corrected chi connectivity index (χ0v) is 27.2. The van der Waals surface area contributed by atoms with Gasteiger partial charge in [-0.1, -0.05) is 0 Å².